The molecule has 7 rings (SSSR count). The number of benzene rings is 4. The zero-order valence-electron chi connectivity index (χ0n) is 22.0. The minimum Gasteiger partial charge on any atom is -0.306 e. The van der Waals surface area contributed by atoms with Gasteiger partial charge in [0, 0.05) is 39.7 Å². The lowest BCUT2D eigenvalue weighted by Crippen LogP contribution is -2.41. The Morgan fingerprint density at radius 1 is 0.659 bits per heavy atom. The van der Waals surface area contributed by atoms with E-state index in [4.69, 9.17) is 0 Å². The molecule has 1 atom stereocenters. The number of allylic oxidation sites excluding steroid dienone is 2. The average Bonchev–Trinajstić information content (AvgIpc) is 3.00. The highest BCUT2D eigenvalue weighted by Gasteiger charge is 2.46. The largest absolute Gasteiger partial charge is 0.306 e. The van der Waals surface area contributed by atoms with E-state index in [1.165, 1.54) is 12.1 Å². The number of ketones is 2. The first-order chi connectivity index (χ1) is 20.0. The van der Waals surface area contributed by atoms with Gasteiger partial charge in [0.2, 0.25) is 5.78 Å². The van der Waals surface area contributed by atoms with E-state index in [-0.39, 0.29) is 34.0 Å². The van der Waals surface area contributed by atoms with Crippen LogP contribution in [0.2, 0.25) is 0 Å². The second kappa shape index (κ2) is 9.38. The second-order valence-electron chi connectivity index (χ2n) is 10.2. The van der Waals surface area contributed by atoms with Gasteiger partial charge in [-0.3, -0.25) is 19.0 Å². The third kappa shape index (κ3) is 3.72. The number of hydrogen-bond acceptors (Lipinski definition) is 4. The normalized spacial score (nSPS) is 15.9. The molecule has 0 N–H and O–H groups in total. The van der Waals surface area contributed by atoms with Crippen LogP contribution in [-0.2, 0) is 0 Å². The quantitative estimate of drug-likeness (QED) is 0.251. The smallest absolute Gasteiger partial charge is 0.261 e. The number of carbonyl (C=O) groups is 2. The summed E-state index contributed by atoms with van der Waals surface area (Å²) < 4.78 is 15.7. The SMILES string of the molecule is Cc1cc2c(c(=O)n1-c1ccccc1)C(c1ccc(F)cc1)C1=C(C(=O)c3ccccc3C1=O)N2c1ccccc1. The number of para-hydroxylation sites is 2. The van der Waals surface area contributed by atoms with E-state index in [1.54, 1.807) is 45.9 Å². The molecule has 5 aromatic rings. The molecule has 1 aliphatic carbocycles. The van der Waals surface area contributed by atoms with Gasteiger partial charge in [-0.2, -0.15) is 0 Å². The summed E-state index contributed by atoms with van der Waals surface area (Å²) in [5, 5.41) is 0. The maximum Gasteiger partial charge on any atom is 0.261 e. The summed E-state index contributed by atoms with van der Waals surface area (Å²) in [6.07, 6.45) is 0. The van der Waals surface area contributed by atoms with Crippen LogP contribution >= 0.6 is 0 Å². The van der Waals surface area contributed by atoms with Gasteiger partial charge >= 0.3 is 0 Å². The minimum atomic E-state index is -0.895. The van der Waals surface area contributed by atoms with Crippen LogP contribution in [0.1, 0.15) is 43.5 Å². The summed E-state index contributed by atoms with van der Waals surface area (Å²) in [6, 6.07) is 33.0. The predicted molar refractivity (Wildman–Crippen MR) is 156 cm³/mol. The van der Waals surface area contributed by atoms with Crippen LogP contribution in [0.3, 0.4) is 0 Å². The molecule has 0 saturated carbocycles. The van der Waals surface area contributed by atoms with Crippen LogP contribution in [-0.4, -0.2) is 16.1 Å². The lowest BCUT2D eigenvalue weighted by molar-refractivity contribution is 0.0968. The number of fused-ring (bicyclic) bond motifs is 2. The van der Waals surface area contributed by atoms with E-state index in [1.807, 2.05) is 73.7 Å². The molecule has 2 heterocycles. The van der Waals surface area contributed by atoms with E-state index in [9.17, 15) is 18.8 Å². The molecule has 0 radical (unpaired) electrons. The molecule has 0 bridgehead atoms. The van der Waals surface area contributed by atoms with Gasteiger partial charge in [-0.25, -0.2) is 4.39 Å². The van der Waals surface area contributed by atoms with E-state index in [0.717, 1.165) is 0 Å². The zero-order chi connectivity index (χ0) is 28.2. The van der Waals surface area contributed by atoms with Crippen molar-refractivity contribution in [2.24, 2.45) is 0 Å². The molecule has 0 spiro atoms. The van der Waals surface area contributed by atoms with Crippen molar-refractivity contribution in [1.29, 1.82) is 0 Å². The predicted octanol–water partition coefficient (Wildman–Crippen LogP) is 6.90. The summed E-state index contributed by atoms with van der Waals surface area (Å²) >= 11 is 0. The first kappa shape index (κ1) is 24.7. The molecule has 4 aromatic carbocycles. The van der Waals surface area contributed by atoms with Crippen LogP contribution in [0.15, 0.2) is 131 Å². The van der Waals surface area contributed by atoms with E-state index in [2.05, 4.69) is 0 Å². The Morgan fingerprint density at radius 2 is 1.22 bits per heavy atom. The maximum atomic E-state index is 14.6. The third-order valence-corrected chi connectivity index (χ3v) is 7.81. The Hall–Kier alpha value is -5.36. The first-order valence-corrected chi connectivity index (χ1v) is 13.3. The van der Waals surface area contributed by atoms with Crippen molar-refractivity contribution < 1.29 is 14.0 Å². The molecule has 1 unspecified atom stereocenters. The summed E-state index contributed by atoms with van der Waals surface area (Å²) in [4.78, 5) is 45.0. The van der Waals surface area contributed by atoms with Crippen LogP contribution < -0.4 is 10.5 Å². The monoisotopic (exact) mass is 538 g/mol. The lowest BCUT2D eigenvalue weighted by Gasteiger charge is -2.40. The van der Waals surface area contributed by atoms with Crippen molar-refractivity contribution in [3.05, 3.63) is 171 Å². The van der Waals surface area contributed by atoms with Gasteiger partial charge in [0.15, 0.2) is 5.78 Å². The van der Waals surface area contributed by atoms with Gasteiger partial charge in [-0.1, -0.05) is 72.8 Å². The molecule has 198 valence electrons. The van der Waals surface area contributed by atoms with Crippen LogP contribution in [0.5, 0.6) is 0 Å². The number of aromatic nitrogens is 1. The Bertz CT molecular complexity index is 1960. The highest BCUT2D eigenvalue weighted by Crippen LogP contribution is 2.50. The molecule has 1 aliphatic heterocycles. The number of rotatable bonds is 3. The summed E-state index contributed by atoms with van der Waals surface area (Å²) in [5.74, 6) is -1.97. The molecular formula is C35H23FN2O3. The third-order valence-electron chi connectivity index (χ3n) is 7.81. The zero-order valence-corrected chi connectivity index (χ0v) is 22.0. The second-order valence-corrected chi connectivity index (χ2v) is 10.2. The number of anilines is 2. The Balaban J connectivity index is 1.63. The lowest BCUT2D eigenvalue weighted by atomic mass is 9.73. The fraction of sp³-hybridized carbons (Fsp3) is 0.0571. The van der Waals surface area contributed by atoms with Gasteiger partial charge in [-0.15, -0.1) is 0 Å². The highest BCUT2D eigenvalue weighted by atomic mass is 19.1. The molecule has 2 aliphatic rings. The number of nitrogens with zero attached hydrogens (tertiary/aromatic N) is 2. The summed E-state index contributed by atoms with van der Waals surface area (Å²) in [6.45, 7) is 1.85. The van der Waals surface area contributed by atoms with Crippen molar-refractivity contribution >= 4 is 22.9 Å². The van der Waals surface area contributed by atoms with E-state index >= 15 is 0 Å². The molecular weight excluding hydrogens is 515 g/mol. The first-order valence-electron chi connectivity index (χ1n) is 13.3. The summed E-state index contributed by atoms with van der Waals surface area (Å²) in [7, 11) is 0. The fourth-order valence-corrected chi connectivity index (χ4v) is 6.05. The minimum absolute atomic E-state index is 0.206. The summed E-state index contributed by atoms with van der Waals surface area (Å²) in [5.41, 5.74) is 4.10. The van der Waals surface area contributed by atoms with Crippen molar-refractivity contribution in [2.75, 3.05) is 4.90 Å². The van der Waals surface area contributed by atoms with Crippen LogP contribution in [0.4, 0.5) is 15.8 Å². The van der Waals surface area contributed by atoms with Crippen molar-refractivity contribution in [3.8, 4) is 5.69 Å². The van der Waals surface area contributed by atoms with Gasteiger partial charge in [-0.05, 0) is 55.0 Å². The average molecular weight is 539 g/mol. The maximum absolute atomic E-state index is 14.6. The van der Waals surface area contributed by atoms with Gasteiger partial charge in [0.25, 0.3) is 5.56 Å². The number of hydrogen-bond donors (Lipinski definition) is 0. The Kier molecular flexibility index (Phi) is 5.64. The molecule has 5 nitrogen and oxygen atoms in total. The standard InChI is InChI=1S/C35H23FN2O3/c1-21-20-28-30(35(41)37(21)24-10-4-2-5-11-24)29(22-16-18-23(36)19-17-22)31-32(38(28)25-12-6-3-7-13-25)34(40)27-15-9-8-14-26(27)33(31)39/h2-20,29H,1H3. The highest BCUT2D eigenvalue weighted by molar-refractivity contribution is 6.30. The number of pyridine rings is 1. The Labute approximate surface area is 235 Å². The van der Waals surface area contributed by atoms with E-state index in [0.29, 0.717) is 39.4 Å². The van der Waals surface area contributed by atoms with Crippen LogP contribution in [0.25, 0.3) is 5.69 Å². The number of carbonyl (C=O) groups excluding carboxylic acids is 2. The molecule has 0 amide bonds. The van der Waals surface area contributed by atoms with Crippen molar-refractivity contribution in [2.45, 2.75) is 12.8 Å². The number of Topliss-reactive ketones (excluding diaryl/α,β-unsaturated/α-hetero) is 2. The fourth-order valence-electron chi connectivity index (χ4n) is 6.05. The molecule has 1 aromatic heterocycles. The van der Waals surface area contributed by atoms with Gasteiger partial charge < -0.3 is 4.90 Å². The molecule has 6 heteroatoms. The number of aryl methyl sites for hydroxylation is 1. The molecule has 41 heavy (non-hydrogen) atoms. The topological polar surface area (TPSA) is 59.4 Å². The molecule has 0 fully saturated rings. The van der Waals surface area contributed by atoms with Gasteiger partial charge in [0.05, 0.1) is 11.3 Å². The van der Waals surface area contributed by atoms with Crippen molar-refractivity contribution in [1.82, 2.24) is 4.57 Å². The molecule has 0 saturated heterocycles. The van der Waals surface area contributed by atoms with Crippen molar-refractivity contribution in [3.63, 3.8) is 0 Å². The van der Waals surface area contributed by atoms with Crippen LogP contribution in [0, 0.1) is 12.7 Å². The van der Waals surface area contributed by atoms with Gasteiger partial charge in [0.1, 0.15) is 11.5 Å². The van der Waals surface area contributed by atoms with E-state index < -0.39 is 11.7 Å². The Morgan fingerprint density at radius 3 is 1.85 bits per heavy atom. The number of halogens is 1.